The molecule has 0 atom stereocenters. The molecule has 0 aromatic heterocycles. The Balaban J connectivity index is 2.04. The van der Waals surface area contributed by atoms with Crippen molar-refractivity contribution in [1.29, 1.82) is 0 Å². The number of benzene rings is 1. The number of nitrogens with zero attached hydrogens (tertiary/aromatic N) is 2. The Bertz CT molecular complexity index is 712. The van der Waals surface area contributed by atoms with Crippen LogP contribution in [0.1, 0.15) is 39.5 Å². The fraction of sp³-hybridized carbons (Fsp3) is 0.611. The highest BCUT2D eigenvalue weighted by atomic mass is 35.5. The molecule has 8 heteroatoms. The quantitative estimate of drug-likeness (QED) is 0.702. The second kappa shape index (κ2) is 9.58. The van der Waals surface area contributed by atoms with Crippen LogP contribution >= 0.6 is 11.6 Å². The van der Waals surface area contributed by atoms with Crippen LogP contribution < -0.4 is 4.74 Å². The van der Waals surface area contributed by atoms with Gasteiger partial charge in [-0.2, -0.15) is 4.31 Å². The van der Waals surface area contributed by atoms with E-state index in [1.807, 2.05) is 4.90 Å². The maximum absolute atomic E-state index is 12.5. The third kappa shape index (κ3) is 5.11. The van der Waals surface area contributed by atoms with Crippen LogP contribution in [-0.4, -0.2) is 56.3 Å². The van der Waals surface area contributed by atoms with Crippen LogP contribution in [0.2, 0.25) is 5.02 Å². The lowest BCUT2D eigenvalue weighted by Crippen LogP contribution is -2.35. The van der Waals surface area contributed by atoms with Gasteiger partial charge in [-0.25, -0.2) is 8.42 Å². The number of halogens is 1. The van der Waals surface area contributed by atoms with Gasteiger partial charge < -0.3 is 9.64 Å². The third-order valence-corrected chi connectivity index (χ3v) is 6.90. The van der Waals surface area contributed by atoms with Crippen molar-refractivity contribution < 1.29 is 17.9 Å². The van der Waals surface area contributed by atoms with E-state index in [0.717, 1.165) is 38.8 Å². The fourth-order valence-corrected chi connectivity index (χ4v) is 4.81. The molecule has 1 amide bonds. The molecule has 0 aliphatic carbocycles. The first-order valence-corrected chi connectivity index (χ1v) is 10.9. The summed E-state index contributed by atoms with van der Waals surface area (Å²) < 4.78 is 32.0. The average Bonchev–Trinajstić information content (AvgIpc) is 2.90. The van der Waals surface area contributed by atoms with Gasteiger partial charge in [0.2, 0.25) is 10.0 Å². The molecule has 6 nitrogen and oxygen atoms in total. The van der Waals surface area contributed by atoms with Gasteiger partial charge in [0.05, 0.1) is 9.92 Å². The molecule has 1 fully saturated rings. The average molecular weight is 403 g/mol. The molecule has 0 unspecified atom stereocenters. The van der Waals surface area contributed by atoms with E-state index in [-0.39, 0.29) is 22.4 Å². The number of likely N-dealkylation sites (tertiary alicyclic amines) is 1. The first kappa shape index (κ1) is 21.0. The van der Waals surface area contributed by atoms with Crippen LogP contribution in [0.25, 0.3) is 0 Å². The van der Waals surface area contributed by atoms with Crippen LogP contribution in [-0.2, 0) is 14.8 Å². The van der Waals surface area contributed by atoms with E-state index in [1.54, 1.807) is 13.8 Å². The van der Waals surface area contributed by atoms with E-state index < -0.39 is 10.0 Å². The summed E-state index contributed by atoms with van der Waals surface area (Å²) in [7, 11) is -3.57. The van der Waals surface area contributed by atoms with E-state index >= 15 is 0 Å². The molecule has 0 spiro atoms. The molecule has 0 saturated carbocycles. The molecule has 1 heterocycles. The fourth-order valence-electron chi connectivity index (χ4n) is 3.02. The van der Waals surface area contributed by atoms with Gasteiger partial charge in [-0.1, -0.05) is 38.3 Å². The Kier molecular flexibility index (Phi) is 7.73. The molecule has 1 saturated heterocycles. The summed E-state index contributed by atoms with van der Waals surface area (Å²) in [5.41, 5.74) is 0. The van der Waals surface area contributed by atoms with Crippen molar-refractivity contribution in [2.24, 2.45) is 0 Å². The first-order chi connectivity index (χ1) is 12.4. The van der Waals surface area contributed by atoms with E-state index in [4.69, 9.17) is 16.3 Å². The van der Waals surface area contributed by atoms with Crippen molar-refractivity contribution in [3.8, 4) is 5.75 Å². The monoisotopic (exact) mass is 402 g/mol. The van der Waals surface area contributed by atoms with Crippen molar-refractivity contribution in [1.82, 2.24) is 9.21 Å². The standard InChI is InChI=1S/C18H27ClN2O4S/c1-3-21(4-2)26(23,24)15-9-10-17(16(19)13-15)25-14-18(22)20-11-7-5-6-8-12-20/h9-10,13H,3-8,11-12,14H2,1-2H3. The summed E-state index contributed by atoms with van der Waals surface area (Å²) in [5.74, 6) is 0.246. The Morgan fingerprint density at radius 3 is 2.31 bits per heavy atom. The number of sulfonamides is 1. The first-order valence-electron chi connectivity index (χ1n) is 9.10. The topological polar surface area (TPSA) is 66.9 Å². The highest BCUT2D eigenvalue weighted by Crippen LogP contribution is 2.28. The van der Waals surface area contributed by atoms with Gasteiger partial charge in [0.25, 0.3) is 5.91 Å². The van der Waals surface area contributed by atoms with Crippen molar-refractivity contribution in [2.75, 3.05) is 32.8 Å². The predicted molar refractivity (Wildman–Crippen MR) is 102 cm³/mol. The molecule has 0 bridgehead atoms. The minimum absolute atomic E-state index is 0.0668. The van der Waals surface area contributed by atoms with Crippen molar-refractivity contribution >= 4 is 27.5 Å². The van der Waals surface area contributed by atoms with Crippen molar-refractivity contribution in [2.45, 2.75) is 44.4 Å². The molecule has 0 radical (unpaired) electrons. The van der Waals surface area contributed by atoms with Crippen LogP contribution in [0.4, 0.5) is 0 Å². The van der Waals surface area contributed by atoms with E-state index in [1.165, 1.54) is 22.5 Å². The second-order valence-corrected chi connectivity index (χ2v) is 8.61. The Morgan fingerprint density at radius 2 is 1.77 bits per heavy atom. The Labute approximate surface area is 161 Å². The number of carbonyl (C=O) groups excluding carboxylic acids is 1. The van der Waals surface area contributed by atoms with Gasteiger partial charge in [0, 0.05) is 26.2 Å². The van der Waals surface area contributed by atoms with E-state index in [0.29, 0.717) is 18.8 Å². The zero-order chi connectivity index (χ0) is 19.2. The maximum Gasteiger partial charge on any atom is 0.260 e. The number of rotatable bonds is 7. The summed E-state index contributed by atoms with van der Waals surface area (Å²) in [6.07, 6.45) is 4.34. The SMILES string of the molecule is CCN(CC)S(=O)(=O)c1ccc(OCC(=O)N2CCCCCC2)c(Cl)c1. The molecule has 1 aromatic rings. The summed E-state index contributed by atoms with van der Waals surface area (Å²) in [6.45, 7) is 5.77. The van der Waals surface area contributed by atoms with Crippen LogP contribution in [0, 0.1) is 0 Å². The molecular formula is C18H27ClN2O4S. The lowest BCUT2D eigenvalue weighted by molar-refractivity contribution is -0.133. The van der Waals surface area contributed by atoms with Gasteiger partial charge in [0.15, 0.2) is 6.61 Å². The van der Waals surface area contributed by atoms with Gasteiger partial charge in [-0.3, -0.25) is 4.79 Å². The molecule has 1 aromatic carbocycles. The minimum atomic E-state index is -3.57. The third-order valence-electron chi connectivity index (χ3n) is 4.56. The van der Waals surface area contributed by atoms with Crippen LogP contribution in [0.15, 0.2) is 23.1 Å². The number of hydrogen-bond acceptors (Lipinski definition) is 4. The Morgan fingerprint density at radius 1 is 1.15 bits per heavy atom. The normalized spacial score (nSPS) is 15.8. The molecular weight excluding hydrogens is 376 g/mol. The summed E-state index contributed by atoms with van der Waals surface area (Å²) in [6, 6.07) is 4.35. The summed E-state index contributed by atoms with van der Waals surface area (Å²) in [4.78, 5) is 14.2. The van der Waals surface area contributed by atoms with Gasteiger partial charge in [-0.05, 0) is 31.0 Å². The summed E-state index contributed by atoms with van der Waals surface area (Å²) in [5, 5.41) is 0.182. The molecule has 1 aliphatic heterocycles. The second-order valence-electron chi connectivity index (χ2n) is 6.27. The number of ether oxygens (including phenoxy) is 1. The van der Waals surface area contributed by atoms with Gasteiger partial charge in [0.1, 0.15) is 5.75 Å². The lowest BCUT2D eigenvalue weighted by atomic mass is 10.2. The van der Waals surface area contributed by atoms with Crippen LogP contribution in [0.3, 0.4) is 0 Å². The highest BCUT2D eigenvalue weighted by Gasteiger charge is 2.23. The molecule has 146 valence electrons. The van der Waals surface area contributed by atoms with Gasteiger partial charge in [-0.15, -0.1) is 0 Å². The van der Waals surface area contributed by atoms with Crippen molar-refractivity contribution in [3.63, 3.8) is 0 Å². The number of amides is 1. The molecule has 1 aliphatic rings. The molecule has 2 rings (SSSR count). The number of hydrogen-bond donors (Lipinski definition) is 0. The number of carbonyl (C=O) groups is 1. The zero-order valence-corrected chi connectivity index (χ0v) is 17.0. The highest BCUT2D eigenvalue weighted by molar-refractivity contribution is 7.89. The molecule has 26 heavy (non-hydrogen) atoms. The largest absolute Gasteiger partial charge is 0.482 e. The Hall–Kier alpha value is -1.31. The lowest BCUT2D eigenvalue weighted by Gasteiger charge is -2.21. The smallest absolute Gasteiger partial charge is 0.260 e. The predicted octanol–water partition coefficient (Wildman–Crippen LogP) is 3.15. The van der Waals surface area contributed by atoms with Gasteiger partial charge >= 0.3 is 0 Å². The molecule has 0 N–H and O–H groups in total. The van der Waals surface area contributed by atoms with Crippen molar-refractivity contribution in [3.05, 3.63) is 23.2 Å². The summed E-state index contributed by atoms with van der Waals surface area (Å²) >= 11 is 6.19. The minimum Gasteiger partial charge on any atom is -0.482 e. The van der Waals surface area contributed by atoms with E-state index in [2.05, 4.69) is 0 Å². The maximum atomic E-state index is 12.5. The van der Waals surface area contributed by atoms with E-state index in [9.17, 15) is 13.2 Å². The zero-order valence-electron chi connectivity index (χ0n) is 15.4. The van der Waals surface area contributed by atoms with Crippen LogP contribution in [0.5, 0.6) is 5.75 Å².